The van der Waals surface area contributed by atoms with Crippen LogP contribution < -0.4 is 10.1 Å². The number of likely N-dealkylation sites (N-methyl/N-ethyl adjacent to an activating group) is 1. The first-order chi connectivity index (χ1) is 9.15. The molecule has 1 atom stereocenters. The highest BCUT2D eigenvalue weighted by molar-refractivity contribution is 7.10. The summed E-state index contributed by atoms with van der Waals surface area (Å²) < 4.78 is 18.6. The molecule has 0 saturated heterocycles. The average molecular weight is 280 g/mol. The summed E-state index contributed by atoms with van der Waals surface area (Å²) in [6.07, 6.45) is 0. The normalized spacial score (nSPS) is 12.4. The SMILES string of the molecule is CNCC(C)c1nc(-c2ccc(OC)c(F)c2)cs1. The van der Waals surface area contributed by atoms with E-state index in [1.54, 1.807) is 17.4 Å². The summed E-state index contributed by atoms with van der Waals surface area (Å²) in [6, 6.07) is 4.91. The smallest absolute Gasteiger partial charge is 0.165 e. The van der Waals surface area contributed by atoms with Gasteiger partial charge in [-0.3, -0.25) is 0 Å². The molecular formula is C14H17FN2OS. The van der Waals surface area contributed by atoms with Crippen molar-refractivity contribution in [2.45, 2.75) is 12.8 Å². The lowest BCUT2D eigenvalue weighted by Gasteiger charge is -2.06. The molecule has 1 heterocycles. The van der Waals surface area contributed by atoms with E-state index in [-0.39, 0.29) is 11.6 Å². The van der Waals surface area contributed by atoms with Gasteiger partial charge in [-0.05, 0) is 25.2 Å². The summed E-state index contributed by atoms with van der Waals surface area (Å²) in [5.41, 5.74) is 1.59. The van der Waals surface area contributed by atoms with Crippen molar-refractivity contribution in [2.24, 2.45) is 0 Å². The van der Waals surface area contributed by atoms with Gasteiger partial charge >= 0.3 is 0 Å². The van der Waals surface area contributed by atoms with E-state index >= 15 is 0 Å². The summed E-state index contributed by atoms with van der Waals surface area (Å²) in [7, 11) is 3.38. The predicted molar refractivity (Wildman–Crippen MR) is 76.4 cm³/mol. The van der Waals surface area contributed by atoms with Crippen LogP contribution in [0.2, 0.25) is 0 Å². The number of aromatic nitrogens is 1. The second kappa shape index (κ2) is 6.12. The third-order valence-corrected chi connectivity index (χ3v) is 3.98. The standard InChI is InChI=1S/C14H17FN2OS/c1-9(7-16-2)14-17-12(8-19-14)10-4-5-13(18-3)11(15)6-10/h4-6,8-9,16H,7H2,1-3H3. The summed E-state index contributed by atoms with van der Waals surface area (Å²) in [6.45, 7) is 3.00. The predicted octanol–water partition coefficient (Wildman–Crippen LogP) is 3.28. The van der Waals surface area contributed by atoms with Crippen molar-refractivity contribution in [1.29, 1.82) is 0 Å². The molecule has 0 aliphatic rings. The highest BCUT2D eigenvalue weighted by Crippen LogP contribution is 2.28. The largest absolute Gasteiger partial charge is 0.494 e. The Morgan fingerprint density at radius 3 is 2.89 bits per heavy atom. The Hall–Kier alpha value is -1.46. The number of nitrogens with one attached hydrogen (secondary N) is 1. The third kappa shape index (κ3) is 3.11. The lowest BCUT2D eigenvalue weighted by Crippen LogP contribution is -2.14. The van der Waals surface area contributed by atoms with Gasteiger partial charge in [0.1, 0.15) is 0 Å². The number of methoxy groups -OCH3 is 1. The van der Waals surface area contributed by atoms with Crippen molar-refractivity contribution in [1.82, 2.24) is 10.3 Å². The molecule has 2 rings (SSSR count). The molecular weight excluding hydrogens is 263 g/mol. The van der Waals surface area contributed by atoms with Crippen LogP contribution in [0.5, 0.6) is 5.75 Å². The number of benzene rings is 1. The maximum Gasteiger partial charge on any atom is 0.165 e. The van der Waals surface area contributed by atoms with Crippen molar-refractivity contribution in [3.8, 4) is 17.0 Å². The second-order valence-electron chi connectivity index (χ2n) is 4.38. The van der Waals surface area contributed by atoms with Gasteiger partial charge in [0.15, 0.2) is 11.6 Å². The molecule has 1 aromatic carbocycles. The summed E-state index contributed by atoms with van der Waals surface area (Å²) in [4.78, 5) is 4.57. The van der Waals surface area contributed by atoms with Crippen LogP contribution in [0.3, 0.4) is 0 Å². The van der Waals surface area contributed by atoms with Crippen LogP contribution in [0.1, 0.15) is 17.8 Å². The van der Waals surface area contributed by atoms with Gasteiger partial charge in [-0.25, -0.2) is 9.37 Å². The molecule has 102 valence electrons. The number of thiazole rings is 1. The fourth-order valence-electron chi connectivity index (χ4n) is 1.87. The topological polar surface area (TPSA) is 34.2 Å². The molecule has 0 radical (unpaired) electrons. The zero-order chi connectivity index (χ0) is 13.8. The fraction of sp³-hybridized carbons (Fsp3) is 0.357. The van der Waals surface area contributed by atoms with E-state index in [9.17, 15) is 4.39 Å². The number of hydrogen-bond acceptors (Lipinski definition) is 4. The van der Waals surface area contributed by atoms with Crippen molar-refractivity contribution >= 4 is 11.3 Å². The molecule has 3 nitrogen and oxygen atoms in total. The molecule has 1 N–H and O–H groups in total. The fourth-order valence-corrected chi connectivity index (χ4v) is 2.75. The molecule has 1 unspecified atom stereocenters. The first-order valence-corrected chi connectivity index (χ1v) is 6.97. The Balaban J connectivity index is 2.25. The quantitative estimate of drug-likeness (QED) is 0.912. The van der Waals surface area contributed by atoms with Gasteiger partial charge in [0.2, 0.25) is 0 Å². The summed E-state index contributed by atoms with van der Waals surface area (Å²) >= 11 is 1.60. The van der Waals surface area contributed by atoms with Gasteiger partial charge in [0, 0.05) is 23.4 Å². The van der Waals surface area contributed by atoms with Gasteiger partial charge in [-0.15, -0.1) is 11.3 Å². The van der Waals surface area contributed by atoms with E-state index in [1.165, 1.54) is 13.2 Å². The van der Waals surface area contributed by atoms with Gasteiger partial charge in [-0.2, -0.15) is 0 Å². The van der Waals surface area contributed by atoms with Crippen LogP contribution in [-0.2, 0) is 0 Å². The number of nitrogens with zero attached hydrogens (tertiary/aromatic N) is 1. The van der Waals surface area contributed by atoms with Gasteiger partial charge in [0.25, 0.3) is 0 Å². The monoisotopic (exact) mass is 280 g/mol. The van der Waals surface area contributed by atoms with Crippen LogP contribution in [0.25, 0.3) is 11.3 Å². The van der Waals surface area contributed by atoms with Crippen LogP contribution in [0, 0.1) is 5.82 Å². The Morgan fingerprint density at radius 1 is 1.47 bits per heavy atom. The summed E-state index contributed by atoms with van der Waals surface area (Å²) in [5.74, 6) is 0.243. The van der Waals surface area contributed by atoms with Crippen molar-refractivity contribution in [2.75, 3.05) is 20.7 Å². The van der Waals surface area contributed by atoms with Crippen molar-refractivity contribution in [3.63, 3.8) is 0 Å². The molecule has 0 aliphatic heterocycles. The Labute approximate surface area is 116 Å². The maximum absolute atomic E-state index is 13.7. The van der Waals surface area contributed by atoms with E-state index in [4.69, 9.17) is 4.74 Å². The molecule has 5 heteroatoms. The lowest BCUT2D eigenvalue weighted by atomic mass is 10.1. The lowest BCUT2D eigenvalue weighted by molar-refractivity contribution is 0.386. The first kappa shape index (κ1) is 14.0. The Kier molecular flexibility index (Phi) is 4.50. The van der Waals surface area contributed by atoms with E-state index in [2.05, 4.69) is 17.2 Å². The molecule has 0 saturated carbocycles. The number of hydrogen-bond donors (Lipinski definition) is 1. The zero-order valence-corrected chi connectivity index (χ0v) is 12.1. The highest BCUT2D eigenvalue weighted by Gasteiger charge is 2.12. The van der Waals surface area contributed by atoms with E-state index in [0.717, 1.165) is 22.8 Å². The van der Waals surface area contributed by atoms with Crippen LogP contribution in [-0.4, -0.2) is 25.7 Å². The molecule has 19 heavy (non-hydrogen) atoms. The Morgan fingerprint density at radius 2 is 2.26 bits per heavy atom. The van der Waals surface area contributed by atoms with Gasteiger partial charge in [0.05, 0.1) is 17.8 Å². The number of halogens is 1. The number of rotatable bonds is 5. The first-order valence-electron chi connectivity index (χ1n) is 6.09. The minimum absolute atomic E-state index is 0.253. The van der Waals surface area contributed by atoms with Gasteiger partial charge in [-0.1, -0.05) is 6.92 Å². The maximum atomic E-state index is 13.7. The van der Waals surface area contributed by atoms with Crippen LogP contribution in [0.15, 0.2) is 23.6 Å². The minimum Gasteiger partial charge on any atom is -0.494 e. The molecule has 0 amide bonds. The number of ether oxygens (including phenoxy) is 1. The van der Waals surface area contributed by atoms with Crippen LogP contribution >= 0.6 is 11.3 Å². The molecule has 1 aromatic heterocycles. The van der Waals surface area contributed by atoms with Crippen molar-refractivity contribution in [3.05, 3.63) is 34.4 Å². The molecule has 0 fully saturated rings. The third-order valence-electron chi connectivity index (χ3n) is 2.90. The molecule has 0 bridgehead atoms. The molecule has 0 aliphatic carbocycles. The highest BCUT2D eigenvalue weighted by atomic mass is 32.1. The Bertz CT molecular complexity index is 556. The molecule has 0 spiro atoms. The van der Waals surface area contributed by atoms with E-state index in [0.29, 0.717) is 5.92 Å². The van der Waals surface area contributed by atoms with E-state index < -0.39 is 0 Å². The average Bonchev–Trinajstić information content (AvgIpc) is 2.88. The van der Waals surface area contributed by atoms with Crippen molar-refractivity contribution < 1.29 is 9.13 Å². The minimum atomic E-state index is -0.363. The zero-order valence-electron chi connectivity index (χ0n) is 11.2. The van der Waals surface area contributed by atoms with Gasteiger partial charge < -0.3 is 10.1 Å². The second-order valence-corrected chi connectivity index (χ2v) is 5.27. The summed E-state index contributed by atoms with van der Waals surface area (Å²) in [5, 5.41) is 6.15. The van der Waals surface area contributed by atoms with E-state index in [1.807, 2.05) is 18.5 Å². The van der Waals surface area contributed by atoms with Crippen LogP contribution in [0.4, 0.5) is 4.39 Å². The molecule has 2 aromatic rings.